The van der Waals surface area contributed by atoms with Crippen molar-refractivity contribution in [2.24, 2.45) is 0 Å². The third-order valence-electron chi connectivity index (χ3n) is 3.19. The van der Waals surface area contributed by atoms with Gasteiger partial charge in [-0.2, -0.15) is 0 Å². The van der Waals surface area contributed by atoms with Gasteiger partial charge in [0.1, 0.15) is 5.75 Å². The number of benzene rings is 1. The lowest BCUT2D eigenvalue weighted by molar-refractivity contribution is -0.126. The predicted molar refractivity (Wildman–Crippen MR) is 66.9 cm³/mol. The molecule has 1 aromatic carbocycles. The number of likely N-dealkylation sites (tertiary alicyclic amines) is 1. The van der Waals surface area contributed by atoms with Gasteiger partial charge in [-0.3, -0.25) is 4.79 Å². The highest BCUT2D eigenvalue weighted by molar-refractivity contribution is 5.87. The third kappa shape index (κ3) is 2.33. The Bertz CT molecular complexity index is 428. The van der Waals surface area contributed by atoms with E-state index >= 15 is 0 Å². The van der Waals surface area contributed by atoms with E-state index in [1.54, 1.807) is 7.11 Å². The average molecular weight is 231 g/mol. The van der Waals surface area contributed by atoms with Gasteiger partial charge in [0.05, 0.1) is 13.2 Å². The van der Waals surface area contributed by atoms with Gasteiger partial charge in [-0.25, -0.2) is 0 Å². The minimum Gasteiger partial charge on any atom is -0.497 e. The summed E-state index contributed by atoms with van der Waals surface area (Å²) in [6.07, 6.45) is 3.44. The lowest BCUT2D eigenvalue weighted by Gasteiger charge is -2.24. The molecule has 17 heavy (non-hydrogen) atoms. The van der Waals surface area contributed by atoms with Gasteiger partial charge < -0.3 is 9.64 Å². The van der Waals surface area contributed by atoms with Gasteiger partial charge in [-0.15, -0.1) is 0 Å². The first-order valence-electron chi connectivity index (χ1n) is 5.83. The molecule has 0 unspecified atom stereocenters. The first-order chi connectivity index (χ1) is 8.26. The van der Waals surface area contributed by atoms with Crippen molar-refractivity contribution in [2.45, 2.75) is 18.9 Å². The molecule has 1 aliphatic rings. The molecule has 0 aromatic heterocycles. The lowest BCUT2D eigenvalue weighted by atomic mass is 10.0. The highest BCUT2D eigenvalue weighted by Crippen LogP contribution is 2.33. The topological polar surface area (TPSA) is 29.5 Å². The molecule has 1 aliphatic heterocycles. The first-order valence-corrected chi connectivity index (χ1v) is 5.83. The van der Waals surface area contributed by atoms with Crippen molar-refractivity contribution >= 4 is 5.91 Å². The summed E-state index contributed by atoms with van der Waals surface area (Å²) in [5, 5.41) is 0. The van der Waals surface area contributed by atoms with Crippen molar-refractivity contribution in [1.82, 2.24) is 4.90 Å². The molecular formula is C14H17NO2. The van der Waals surface area contributed by atoms with Crippen LogP contribution in [0.2, 0.25) is 0 Å². The van der Waals surface area contributed by atoms with Gasteiger partial charge in [0.2, 0.25) is 5.91 Å². The fourth-order valence-electron chi connectivity index (χ4n) is 2.34. The van der Waals surface area contributed by atoms with E-state index in [1.807, 2.05) is 29.2 Å². The van der Waals surface area contributed by atoms with Crippen molar-refractivity contribution in [1.29, 1.82) is 0 Å². The molecule has 0 spiro atoms. The molecule has 1 saturated heterocycles. The molecule has 0 radical (unpaired) electrons. The predicted octanol–water partition coefficient (Wildman–Crippen LogP) is 2.54. The summed E-state index contributed by atoms with van der Waals surface area (Å²) in [5.41, 5.74) is 1.14. The van der Waals surface area contributed by atoms with E-state index in [0.717, 1.165) is 30.7 Å². The normalized spacial score (nSPS) is 19.1. The number of hydrogen-bond acceptors (Lipinski definition) is 2. The van der Waals surface area contributed by atoms with Crippen LogP contribution in [0.3, 0.4) is 0 Å². The molecule has 1 fully saturated rings. The first kappa shape index (κ1) is 11.7. The Hall–Kier alpha value is -1.77. The number of ether oxygens (including phenoxy) is 1. The summed E-state index contributed by atoms with van der Waals surface area (Å²) in [7, 11) is 1.65. The molecule has 0 N–H and O–H groups in total. The molecule has 90 valence electrons. The van der Waals surface area contributed by atoms with Crippen LogP contribution in [0.4, 0.5) is 0 Å². The van der Waals surface area contributed by atoms with Crippen molar-refractivity contribution in [2.75, 3.05) is 13.7 Å². The second-order valence-corrected chi connectivity index (χ2v) is 4.17. The maximum Gasteiger partial charge on any atom is 0.246 e. The van der Waals surface area contributed by atoms with Gasteiger partial charge >= 0.3 is 0 Å². The van der Waals surface area contributed by atoms with E-state index < -0.39 is 0 Å². The zero-order chi connectivity index (χ0) is 12.3. The van der Waals surface area contributed by atoms with Crippen LogP contribution in [0.15, 0.2) is 36.9 Å². The number of nitrogens with zero attached hydrogens (tertiary/aromatic N) is 1. The summed E-state index contributed by atoms with van der Waals surface area (Å²) in [6, 6.07) is 8.08. The third-order valence-corrected chi connectivity index (χ3v) is 3.19. The van der Waals surface area contributed by atoms with E-state index in [9.17, 15) is 4.79 Å². The fraction of sp³-hybridized carbons (Fsp3) is 0.357. The standard InChI is InChI=1S/C14H17NO2/c1-3-14(16)15-9-5-8-13(15)11-6-4-7-12(10-11)17-2/h3-4,6-7,10,13H,1,5,8-9H2,2H3/t13-/m0/s1. The number of amides is 1. The molecule has 0 bridgehead atoms. The van der Waals surface area contributed by atoms with E-state index in [1.165, 1.54) is 6.08 Å². The molecule has 3 nitrogen and oxygen atoms in total. The summed E-state index contributed by atoms with van der Waals surface area (Å²) < 4.78 is 5.21. The van der Waals surface area contributed by atoms with Gasteiger partial charge in [0, 0.05) is 6.54 Å². The highest BCUT2D eigenvalue weighted by Gasteiger charge is 2.28. The molecule has 1 heterocycles. The molecular weight excluding hydrogens is 214 g/mol. The van der Waals surface area contributed by atoms with Crippen molar-refractivity contribution < 1.29 is 9.53 Å². The largest absolute Gasteiger partial charge is 0.497 e. The fourth-order valence-corrected chi connectivity index (χ4v) is 2.34. The number of methoxy groups -OCH3 is 1. The minimum atomic E-state index is 0.00956. The molecule has 1 aromatic rings. The molecule has 1 atom stereocenters. The van der Waals surface area contributed by atoms with Gasteiger partial charge in [0.15, 0.2) is 0 Å². The molecule has 0 saturated carbocycles. The second kappa shape index (κ2) is 5.04. The number of carbonyl (C=O) groups is 1. The Morgan fingerprint density at radius 2 is 2.41 bits per heavy atom. The van der Waals surface area contributed by atoms with Crippen LogP contribution < -0.4 is 4.74 Å². The smallest absolute Gasteiger partial charge is 0.246 e. The maximum atomic E-state index is 11.7. The van der Waals surface area contributed by atoms with Crippen LogP contribution in [-0.4, -0.2) is 24.5 Å². The van der Waals surface area contributed by atoms with Crippen LogP contribution in [0, 0.1) is 0 Å². The van der Waals surface area contributed by atoms with Crippen LogP contribution in [0.25, 0.3) is 0 Å². The number of hydrogen-bond donors (Lipinski definition) is 0. The quantitative estimate of drug-likeness (QED) is 0.748. The van der Waals surface area contributed by atoms with E-state index in [2.05, 4.69) is 6.58 Å². The van der Waals surface area contributed by atoms with Gasteiger partial charge in [0.25, 0.3) is 0 Å². The Kier molecular flexibility index (Phi) is 3.47. The van der Waals surface area contributed by atoms with E-state index in [-0.39, 0.29) is 11.9 Å². The second-order valence-electron chi connectivity index (χ2n) is 4.17. The van der Waals surface area contributed by atoms with Crippen molar-refractivity contribution in [3.8, 4) is 5.75 Å². The Balaban J connectivity index is 2.25. The van der Waals surface area contributed by atoms with Crippen molar-refractivity contribution in [3.63, 3.8) is 0 Å². The Labute approximate surface area is 102 Å². The SMILES string of the molecule is C=CC(=O)N1CCC[C@H]1c1cccc(OC)c1. The van der Waals surface area contributed by atoms with Crippen molar-refractivity contribution in [3.05, 3.63) is 42.5 Å². The summed E-state index contributed by atoms with van der Waals surface area (Å²) in [5.74, 6) is 0.843. The number of carbonyl (C=O) groups excluding carboxylic acids is 1. The van der Waals surface area contributed by atoms with Gasteiger partial charge in [-0.1, -0.05) is 18.7 Å². The van der Waals surface area contributed by atoms with Crippen LogP contribution in [-0.2, 0) is 4.79 Å². The van der Waals surface area contributed by atoms with Crippen LogP contribution in [0.1, 0.15) is 24.4 Å². The monoisotopic (exact) mass is 231 g/mol. The van der Waals surface area contributed by atoms with Crippen LogP contribution >= 0.6 is 0 Å². The Morgan fingerprint density at radius 3 is 3.12 bits per heavy atom. The van der Waals surface area contributed by atoms with E-state index in [0.29, 0.717) is 0 Å². The molecule has 1 amide bonds. The summed E-state index contributed by atoms with van der Waals surface area (Å²) in [6.45, 7) is 4.36. The van der Waals surface area contributed by atoms with Gasteiger partial charge in [-0.05, 0) is 36.6 Å². The molecule has 0 aliphatic carbocycles. The molecule has 2 rings (SSSR count). The minimum absolute atomic E-state index is 0.00956. The zero-order valence-electron chi connectivity index (χ0n) is 10.1. The average Bonchev–Trinajstić information content (AvgIpc) is 2.87. The van der Waals surface area contributed by atoms with E-state index in [4.69, 9.17) is 4.74 Å². The lowest BCUT2D eigenvalue weighted by Crippen LogP contribution is -2.28. The maximum absolute atomic E-state index is 11.7. The molecule has 3 heteroatoms. The summed E-state index contributed by atoms with van der Waals surface area (Å²) in [4.78, 5) is 13.6. The Morgan fingerprint density at radius 1 is 1.59 bits per heavy atom. The number of rotatable bonds is 3. The van der Waals surface area contributed by atoms with Crippen LogP contribution in [0.5, 0.6) is 5.75 Å². The highest BCUT2D eigenvalue weighted by atomic mass is 16.5. The summed E-state index contributed by atoms with van der Waals surface area (Å²) >= 11 is 0. The zero-order valence-corrected chi connectivity index (χ0v) is 10.1.